The van der Waals surface area contributed by atoms with Crippen molar-refractivity contribution in [2.45, 2.75) is 0 Å². The Balaban J connectivity index is 4.14. The van der Waals surface area contributed by atoms with Crippen LogP contribution in [0.15, 0.2) is 33.6 Å². The van der Waals surface area contributed by atoms with Gasteiger partial charge in [0, 0.05) is 6.20 Å². The molecule has 0 aliphatic heterocycles. The van der Waals surface area contributed by atoms with E-state index < -0.39 is 0 Å². The summed E-state index contributed by atoms with van der Waals surface area (Å²) >= 11 is 9.74. The van der Waals surface area contributed by atoms with Gasteiger partial charge in [-0.1, -0.05) is 18.2 Å². The van der Waals surface area contributed by atoms with Crippen molar-refractivity contribution in [1.29, 1.82) is 0 Å². The number of aliphatic imine (C=N–C) groups is 2. The zero-order valence-electron chi connectivity index (χ0n) is 5.62. The summed E-state index contributed by atoms with van der Waals surface area (Å²) in [5.74, 6) is 0. The third kappa shape index (κ3) is 5.48. The maximum Gasteiger partial charge on any atom is 0.144 e. The van der Waals surface area contributed by atoms with Crippen molar-refractivity contribution in [1.82, 2.24) is 0 Å². The Morgan fingerprint density at radius 3 is 2.82 bits per heavy atom. The first-order chi connectivity index (χ1) is 5.20. The molecule has 0 aliphatic rings. The minimum Gasteiger partial charge on any atom is -0.402 e. The summed E-state index contributed by atoms with van der Waals surface area (Å²) in [5.41, 5.74) is 5.40. The van der Waals surface area contributed by atoms with E-state index in [4.69, 9.17) is 17.3 Å². The fourth-order valence-corrected chi connectivity index (χ4v) is 0.433. The van der Waals surface area contributed by atoms with E-state index in [1.807, 2.05) is 0 Å². The Morgan fingerprint density at radius 1 is 1.73 bits per heavy atom. The van der Waals surface area contributed by atoms with E-state index in [9.17, 15) is 0 Å². The number of allylic oxidation sites excluding steroid dienone is 1. The van der Waals surface area contributed by atoms with Crippen LogP contribution in [0.4, 0.5) is 0 Å². The van der Waals surface area contributed by atoms with E-state index in [0.29, 0.717) is 5.70 Å². The predicted octanol–water partition coefficient (Wildman–Crippen LogP) is 1.67. The van der Waals surface area contributed by atoms with Crippen LogP contribution in [0.2, 0.25) is 0 Å². The van der Waals surface area contributed by atoms with Crippen molar-refractivity contribution in [3.05, 3.63) is 23.6 Å². The fraction of sp³-hybridized carbons (Fsp3) is 0. The SMILES string of the molecule is C=C(C=N/C(Cl)=C\N)N=C=S. The second-order valence-electron chi connectivity index (χ2n) is 1.44. The predicted molar refractivity (Wildman–Crippen MR) is 50.8 cm³/mol. The zero-order valence-corrected chi connectivity index (χ0v) is 7.19. The molecule has 0 aromatic heterocycles. The number of hydrogen-bond acceptors (Lipinski definition) is 4. The van der Waals surface area contributed by atoms with E-state index >= 15 is 0 Å². The van der Waals surface area contributed by atoms with Gasteiger partial charge in [0.2, 0.25) is 0 Å². The summed E-state index contributed by atoms with van der Waals surface area (Å²) in [6.45, 7) is 3.48. The Hall–Kier alpha value is -0.960. The van der Waals surface area contributed by atoms with Crippen LogP contribution < -0.4 is 5.73 Å². The fourth-order valence-electron chi connectivity index (χ4n) is 0.267. The lowest BCUT2D eigenvalue weighted by Crippen LogP contribution is -1.81. The van der Waals surface area contributed by atoms with Crippen molar-refractivity contribution < 1.29 is 0 Å². The van der Waals surface area contributed by atoms with Gasteiger partial charge in [-0.15, -0.1) is 0 Å². The lowest BCUT2D eigenvalue weighted by atomic mass is 10.6. The molecule has 11 heavy (non-hydrogen) atoms. The van der Waals surface area contributed by atoms with E-state index in [2.05, 4.69) is 33.9 Å². The van der Waals surface area contributed by atoms with Gasteiger partial charge < -0.3 is 5.73 Å². The van der Waals surface area contributed by atoms with Crippen molar-refractivity contribution in [2.24, 2.45) is 15.7 Å². The molecule has 0 aromatic carbocycles. The normalized spacial score (nSPS) is 11.2. The number of isothiocyanates is 1. The van der Waals surface area contributed by atoms with Gasteiger partial charge in [0.05, 0.1) is 17.1 Å². The van der Waals surface area contributed by atoms with Crippen LogP contribution in [-0.2, 0) is 0 Å². The molecule has 0 atom stereocenters. The first-order valence-corrected chi connectivity index (χ1v) is 3.37. The first kappa shape index (κ1) is 10.0. The number of nitrogens with zero attached hydrogens (tertiary/aromatic N) is 2. The Morgan fingerprint density at radius 2 is 2.36 bits per heavy atom. The molecule has 0 unspecified atom stereocenters. The summed E-state index contributed by atoms with van der Waals surface area (Å²) < 4.78 is 0. The van der Waals surface area contributed by atoms with E-state index in [0.717, 1.165) is 6.20 Å². The highest BCUT2D eigenvalue weighted by molar-refractivity contribution is 7.78. The molecule has 0 aromatic rings. The minimum atomic E-state index is 0.172. The summed E-state index contributed by atoms with van der Waals surface area (Å²) in [6.07, 6.45) is 2.50. The monoisotopic (exact) mass is 187 g/mol. The second kappa shape index (κ2) is 5.80. The minimum absolute atomic E-state index is 0.172. The van der Waals surface area contributed by atoms with Gasteiger partial charge in [-0.3, -0.25) is 0 Å². The van der Waals surface area contributed by atoms with Crippen molar-refractivity contribution in [2.75, 3.05) is 0 Å². The van der Waals surface area contributed by atoms with Gasteiger partial charge in [-0.25, -0.2) is 4.99 Å². The smallest absolute Gasteiger partial charge is 0.144 e. The number of halogens is 1. The molecule has 0 rings (SSSR count). The standard InChI is InChI=1S/C6H6ClN3S/c1-5(10-4-11)3-9-6(7)2-8/h2-3H,1,8H2/b6-2-,9-3?. The van der Waals surface area contributed by atoms with Crippen LogP contribution in [0.3, 0.4) is 0 Å². The number of hydrogen-bond donors (Lipinski definition) is 1. The van der Waals surface area contributed by atoms with Gasteiger partial charge in [0.15, 0.2) is 0 Å². The molecule has 3 nitrogen and oxygen atoms in total. The average Bonchev–Trinajstić information content (AvgIpc) is 2.01. The van der Waals surface area contributed by atoms with Crippen LogP contribution in [0, 0.1) is 0 Å². The third-order valence-electron chi connectivity index (χ3n) is 0.664. The van der Waals surface area contributed by atoms with E-state index in [1.54, 1.807) is 0 Å². The third-order valence-corrected chi connectivity index (χ3v) is 0.979. The maximum absolute atomic E-state index is 5.42. The molecule has 0 amide bonds. The lowest BCUT2D eigenvalue weighted by Gasteiger charge is -1.85. The molecular formula is C6H6ClN3S. The van der Waals surface area contributed by atoms with Crippen molar-refractivity contribution >= 4 is 35.2 Å². The molecule has 0 aliphatic carbocycles. The van der Waals surface area contributed by atoms with Gasteiger partial charge >= 0.3 is 0 Å². The molecule has 0 spiro atoms. The maximum atomic E-state index is 5.42. The molecule has 0 saturated carbocycles. The van der Waals surface area contributed by atoms with Crippen LogP contribution in [0.5, 0.6) is 0 Å². The van der Waals surface area contributed by atoms with E-state index in [1.165, 1.54) is 6.21 Å². The van der Waals surface area contributed by atoms with Gasteiger partial charge in [0.1, 0.15) is 5.16 Å². The second-order valence-corrected chi connectivity index (χ2v) is 2.01. The van der Waals surface area contributed by atoms with Gasteiger partial charge in [0.25, 0.3) is 0 Å². The Labute approximate surface area is 75.0 Å². The molecule has 0 heterocycles. The van der Waals surface area contributed by atoms with Crippen molar-refractivity contribution in [3.8, 4) is 0 Å². The number of nitrogens with two attached hydrogens (primary N) is 1. The highest BCUT2D eigenvalue weighted by atomic mass is 35.5. The van der Waals surface area contributed by atoms with Crippen LogP contribution in [0.25, 0.3) is 0 Å². The summed E-state index contributed by atoms with van der Waals surface area (Å²) in [5, 5.41) is 2.30. The summed E-state index contributed by atoms with van der Waals surface area (Å²) in [7, 11) is 0. The molecule has 2 N–H and O–H groups in total. The Bertz CT molecular complexity index is 251. The molecular weight excluding hydrogens is 182 g/mol. The first-order valence-electron chi connectivity index (χ1n) is 2.59. The Kier molecular flexibility index (Phi) is 5.29. The number of thiocarbonyl (C=S) groups is 1. The van der Waals surface area contributed by atoms with Crippen molar-refractivity contribution in [3.63, 3.8) is 0 Å². The summed E-state index contributed by atoms with van der Waals surface area (Å²) in [4.78, 5) is 7.18. The van der Waals surface area contributed by atoms with Crippen LogP contribution >= 0.6 is 23.8 Å². The molecule has 0 bridgehead atoms. The van der Waals surface area contributed by atoms with Gasteiger partial charge in [-0.05, 0) is 12.2 Å². The molecule has 5 heteroatoms. The highest BCUT2D eigenvalue weighted by Gasteiger charge is 1.83. The molecule has 0 radical (unpaired) electrons. The molecule has 58 valence electrons. The topological polar surface area (TPSA) is 50.7 Å². The average molecular weight is 188 g/mol. The quantitative estimate of drug-likeness (QED) is 0.415. The number of rotatable bonds is 3. The van der Waals surface area contributed by atoms with Crippen LogP contribution in [-0.4, -0.2) is 11.4 Å². The van der Waals surface area contributed by atoms with E-state index in [-0.39, 0.29) is 5.16 Å². The highest BCUT2D eigenvalue weighted by Crippen LogP contribution is 1.99. The lowest BCUT2D eigenvalue weighted by molar-refractivity contribution is 1.43. The summed E-state index contributed by atoms with van der Waals surface area (Å²) in [6, 6.07) is 0. The molecule has 0 saturated heterocycles. The van der Waals surface area contributed by atoms with Gasteiger partial charge in [-0.2, -0.15) is 4.99 Å². The zero-order chi connectivity index (χ0) is 8.69. The largest absolute Gasteiger partial charge is 0.402 e. The molecule has 0 fully saturated rings. The van der Waals surface area contributed by atoms with Crippen LogP contribution in [0.1, 0.15) is 0 Å².